The van der Waals surface area contributed by atoms with E-state index in [9.17, 15) is 18.3 Å². The van der Waals surface area contributed by atoms with E-state index >= 15 is 0 Å². The third kappa shape index (κ3) is 3.86. The van der Waals surface area contributed by atoms with E-state index < -0.39 is 17.5 Å². The van der Waals surface area contributed by atoms with E-state index in [0.717, 1.165) is 38.1 Å². The van der Waals surface area contributed by atoms with Crippen molar-refractivity contribution >= 4 is 0 Å². The van der Waals surface area contributed by atoms with Gasteiger partial charge in [0.25, 0.3) is 0 Å². The molecule has 1 saturated heterocycles. The number of hydrogen-bond donors (Lipinski definition) is 1. The van der Waals surface area contributed by atoms with Crippen molar-refractivity contribution in [1.29, 1.82) is 0 Å². The zero-order valence-electron chi connectivity index (χ0n) is 10.7. The van der Waals surface area contributed by atoms with Crippen molar-refractivity contribution < 1.29 is 18.3 Å². The summed E-state index contributed by atoms with van der Waals surface area (Å²) < 4.78 is 38.1. The molecule has 0 amide bonds. The van der Waals surface area contributed by atoms with Crippen LogP contribution in [0.15, 0.2) is 18.2 Å². The second-order valence-electron chi connectivity index (χ2n) is 5.04. The first kappa shape index (κ1) is 14.2. The Bertz CT molecular complexity index is 423. The normalized spacial score (nSPS) is 18.3. The maximum absolute atomic E-state index is 12.7. The lowest BCUT2D eigenvalue weighted by molar-refractivity contribution is -0.138. The number of likely N-dealkylation sites (tertiary alicyclic amines) is 1. The highest BCUT2D eigenvalue weighted by atomic mass is 19.4. The van der Waals surface area contributed by atoms with Crippen LogP contribution in [0.1, 0.15) is 36.8 Å². The van der Waals surface area contributed by atoms with Crippen LogP contribution in [0.2, 0.25) is 0 Å². The molecule has 5 heteroatoms. The zero-order chi connectivity index (χ0) is 13.9. The maximum Gasteiger partial charge on any atom is 0.419 e. The summed E-state index contributed by atoms with van der Waals surface area (Å²) in [5, 5.41) is 9.29. The van der Waals surface area contributed by atoms with Gasteiger partial charge < -0.3 is 5.11 Å². The van der Waals surface area contributed by atoms with Crippen molar-refractivity contribution in [3.05, 3.63) is 29.3 Å². The molecule has 1 fully saturated rings. The molecule has 0 unspecified atom stereocenters. The molecule has 1 aromatic rings. The van der Waals surface area contributed by atoms with E-state index in [2.05, 4.69) is 4.90 Å². The Morgan fingerprint density at radius 3 is 2.26 bits per heavy atom. The first-order valence-electron chi connectivity index (χ1n) is 6.58. The van der Waals surface area contributed by atoms with Gasteiger partial charge in [-0.15, -0.1) is 0 Å². The summed E-state index contributed by atoms with van der Waals surface area (Å²) in [5.74, 6) is -0.702. The van der Waals surface area contributed by atoms with Crippen molar-refractivity contribution in [3.63, 3.8) is 0 Å². The summed E-state index contributed by atoms with van der Waals surface area (Å²) in [6.07, 6.45) is 0.0903. The lowest BCUT2D eigenvalue weighted by atomic mass is 10.1. The molecule has 1 aliphatic heterocycles. The van der Waals surface area contributed by atoms with Crippen LogP contribution >= 0.6 is 0 Å². The minimum atomic E-state index is -4.50. The molecule has 1 N–H and O–H groups in total. The highest BCUT2D eigenvalue weighted by molar-refractivity contribution is 5.38. The highest BCUT2D eigenvalue weighted by Crippen LogP contribution is 2.36. The van der Waals surface area contributed by atoms with Crippen molar-refractivity contribution in [2.24, 2.45) is 0 Å². The van der Waals surface area contributed by atoms with E-state index in [-0.39, 0.29) is 0 Å². The molecule has 1 aliphatic rings. The van der Waals surface area contributed by atoms with Gasteiger partial charge in [-0.25, -0.2) is 0 Å². The predicted molar refractivity (Wildman–Crippen MR) is 66.9 cm³/mol. The van der Waals surface area contributed by atoms with Gasteiger partial charge in [0, 0.05) is 6.54 Å². The molecular weight excluding hydrogens is 255 g/mol. The van der Waals surface area contributed by atoms with E-state index in [1.54, 1.807) is 6.07 Å². The van der Waals surface area contributed by atoms with Crippen LogP contribution in [0.4, 0.5) is 13.2 Å². The Labute approximate surface area is 110 Å². The summed E-state index contributed by atoms with van der Waals surface area (Å²) in [7, 11) is 0. The molecule has 0 atom stereocenters. The first-order valence-corrected chi connectivity index (χ1v) is 6.58. The second kappa shape index (κ2) is 5.82. The van der Waals surface area contributed by atoms with Gasteiger partial charge in [0.1, 0.15) is 5.75 Å². The number of phenols is 1. The molecule has 2 nitrogen and oxygen atoms in total. The van der Waals surface area contributed by atoms with E-state index in [1.165, 1.54) is 12.8 Å². The van der Waals surface area contributed by atoms with Gasteiger partial charge in [0.2, 0.25) is 0 Å². The number of halogens is 3. The van der Waals surface area contributed by atoms with Crippen LogP contribution in [0.25, 0.3) is 0 Å². The van der Waals surface area contributed by atoms with Crippen LogP contribution in [0.3, 0.4) is 0 Å². The van der Waals surface area contributed by atoms with Gasteiger partial charge in [-0.3, -0.25) is 4.90 Å². The third-order valence-electron chi connectivity index (χ3n) is 3.47. The SMILES string of the molecule is Oc1ccc(CN2CCCCCC2)cc1C(F)(F)F. The molecule has 0 aliphatic carbocycles. The minimum Gasteiger partial charge on any atom is -0.507 e. The van der Waals surface area contributed by atoms with Crippen molar-refractivity contribution in [2.75, 3.05) is 13.1 Å². The van der Waals surface area contributed by atoms with Gasteiger partial charge >= 0.3 is 6.18 Å². The van der Waals surface area contributed by atoms with Crippen LogP contribution in [0.5, 0.6) is 5.75 Å². The average molecular weight is 273 g/mol. The number of benzene rings is 1. The molecule has 106 valence electrons. The van der Waals surface area contributed by atoms with Crippen molar-refractivity contribution in [3.8, 4) is 5.75 Å². The zero-order valence-corrected chi connectivity index (χ0v) is 10.7. The number of nitrogens with zero attached hydrogens (tertiary/aromatic N) is 1. The molecule has 0 aromatic heterocycles. The summed E-state index contributed by atoms with van der Waals surface area (Å²) in [5.41, 5.74) is -0.341. The standard InChI is InChI=1S/C14H18F3NO/c15-14(16,17)12-9-11(5-6-13(12)19)10-18-7-3-1-2-4-8-18/h5-6,9,19H,1-4,7-8,10H2. The summed E-state index contributed by atoms with van der Waals surface area (Å²) >= 11 is 0. The molecular formula is C14H18F3NO. The Morgan fingerprint density at radius 1 is 1.05 bits per heavy atom. The average Bonchev–Trinajstić information content (AvgIpc) is 2.59. The number of aromatic hydroxyl groups is 1. The predicted octanol–water partition coefficient (Wildman–Crippen LogP) is 3.79. The molecule has 2 rings (SSSR count). The first-order chi connectivity index (χ1) is 8.97. The topological polar surface area (TPSA) is 23.5 Å². The molecule has 0 spiro atoms. The lowest BCUT2D eigenvalue weighted by Gasteiger charge is -2.20. The van der Waals surface area contributed by atoms with Crippen LogP contribution < -0.4 is 0 Å². The molecule has 0 saturated carbocycles. The van der Waals surface area contributed by atoms with Gasteiger partial charge in [-0.1, -0.05) is 18.9 Å². The second-order valence-corrected chi connectivity index (χ2v) is 5.04. The van der Waals surface area contributed by atoms with Crippen molar-refractivity contribution in [2.45, 2.75) is 38.4 Å². The monoisotopic (exact) mass is 273 g/mol. The summed E-state index contributed by atoms with van der Waals surface area (Å²) in [6, 6.07) is 3.76. The Hall–Kier alpha value is -1.23. The fraction of sp³-hybridized carbons (Fsp3) is 0.571. The maximum atomic E-state index is 12.7. The van der Waals surface area contributed by atoms with Gasteiger partial charge in [-0.05, 0) is 43.6 Å². The van der Waals surface area contributed by atoms with Gasteiger partial charge in [-0.2, -0.15) is 13.2 Å². The van der Waals surface area contributed by atoms with E-state index in [1.807, 2.05) is 0 Å². The van der Waals surface area contributed by atoms with E-state index in [0.29, 0.717) is 12.1 Å². The van der Waals surface area contributed by atoms with Gasteiger partial charge in [0.05, 0.1) is 5.56 Å². The fourth-order valence-corrected chi connectivity index (χ4v) is 2.46. The smallest absolute Gasteiger partial charge is 0.419 e. The molecule has 1 aromatic carbocycles. The largest absolute Gasteiger partial charge is 0.507 e. The van der Waals surface area contributed by atoms with Crippen molar-refractivity contribution in [1.82, 2.24) is 4.90 Å². The summed E-state index contributed by atoms with van der Waals surface area (Å²) in [6.45, 7) is 2.38. The Balaban J connectivity index is 2.12. The number of hydrogen-bond acceptors (Lipinski definition) is 2. The Kier molecular flexibility index (Phi) is 4.34. The minimum absolute atomic E-state index is 0.517. The number of alkyl halides is 3. The number of rotatable bonds is 2. The van der Waals surface area contributed by atoms with Gasteiger partial charge in [0.15, 0.2) is 0 Å². The number of phenolic OH excluding ortho intramolecular Hbond substituents is 1. The quantitative estimate of drug-likeness (QED) is 0.886. The van der Waals surface area contributed by atoms with E-state index in [4.69, 9.17) is 0 Å². The van der Waals surface area contributed by atoms with Crippen LogP contribution in [-0.2, 0) is 12.7 Å². The van der Waals surface area contributed by atoms with Crippen LogP contribution in [-0.4, -0.2) is 23.1 Å². The Morgan fingerprint density at radius 2 is 1.68 bits per heavy atom. The molecule has 19 heavy (non-hydrogen) atoms. The molecule has 1 heterocycles. The van der Waals surface area contributed by atoms with Crippen LogP contribution in [0, 0.1) is 0 Å². The molecule has 0 bridgehead atoms. The fourth-order valence-electron chi connectivity index (χ4n) is 2.46. The summed E-state index contributed by atoms with van der Waals surface area (Å²) in [4.78, 5) is 2.18. The lowest BCUT2D eigenvalue weighted by Crippen LogP contribution is -2.24. The molecule has 0 radical (unpaired) electrons. The highest BCUT2D eigenvalue weighted by Gasteiger charge is 2.34. The third-order valence-corrected chi connectivity index (χ3v) is 3.47.